The van der Waals surface area contributed by atoms with Gasteiger partial charge in [-0.25, -0.2) is 10.8 Å². The van der Waals surface area contributed by atoms with Gasteiger partial charge in [-0.3, -0.25) is 5.43 Å². The average Bonchev–Trinajstić information content (AvgIpc) is 2.46. The minimum Gasteiger partial charge on any atom is -0.314 e. The van der Waals surface area contributed by atoms with Gasteiger partial charge in [0.1, 0.15) is 0 Å². The molecule has 0 bridgehead atoms. The van der Waals surface area contributed by atoms with Crippen molar-refractivity contribution in [3.8, 4) is 0 Å². The fourth-order valence-corrected chi connectivity index (χ4v) is 1.60. The van der Waals surface area contributed by atoms with Crippen LogP contribution >= 0.6 is 0 Å². The van der Waals surface area contributed by atoms with Gasteiger partial charge >= 0.3 is 0 Å². The zero-order valence-electron chi connectivity index (χ0n) is 10.2. The van der Waals surface area contributed by atoms with Crippen molar-refractivity contribution in [2.24, 2.45) is 10.8 Å². The Morgan fingerprint density at radius 2 is 1.56 bits per heavy atom. The molecule has 0 saturated carbocycles. The smallest absolute Gasteiger partial charge is 0.217 e. The van der Waals surface area contributed by atoms with Gasteiger partial charge in [0, 0.05) is 12.7 Å². The summed E-state index contributed by atoms with van der Waals surface area (Å²) >= 11 is 0. The van der Waals surface area contributed by atoms with Crippen molar-refractivity contribution in [3.05, 3.63) is 60.7 Å². The lowest BCUT2D eigenvalue weighted by molar-refractivity contribution is 0.978. The third-order valence-corrected chi connectivity index (χ3v) is 2.58. The monoisotopic (exact) mass is 240 g/mol. The topological polar surface area (TPSA) is 53.6 Å². The third kappa shape index (κ3) is 2.87. The van der Waals surface area contributed by atoms with Crippen LogP contribution in [0, 0.1) is 0 Å². The van der Waals surface area contributed by atoms with Gasteiger partial charge < -0.3 is 4.90 Å². The zero-order valence-corrected chi connectivity index (χ0v) is 10.2. The van der Waals surface area contributed by atoms with Crippen molar-refractivity contribution in [1.29, 1.82) is 0 Å². The first kappa shape index (κ1) is 12.1. The number of anilines is 1. The minimum atomic E-state index is 0.590. The highest BCUT2D eigenvalue weighted by molar-refractivity contribution is 5.96. The van der Waals surface area contributed by atoms with Crippen molar-refractivity contribution >= 4 is 17.3 Å². The number of nitrogens with two attached hydrogens (primary N) is 1. The summed E-state index contributed by atoms with van der Waals surface area (Å²) in [6.07, 6.45) is 0. The molecule has 0 fully saturated rings. The van der Waals surface area contributed by atoms with E-state index in [1.165, 1.54) is 0 Å². The number of guanidine groups is 1. The maximum Gasteiger partial charge on any atom is 0.217 e. The molecule has 2 aromatic carbocycles. The molecule has 0 atom stereocenters. The predicted octanol–water partition coefficient (Wildman–Crippen LogP) is 2.27. The molecule has 0 aliphatic carbocycles. The van der Waals surface area contributed by atoms with Gasteiger partial charge in [-0.15, -0.1) is 0 Å². The van der Waals surface area contributed by atoms with E-state index in [4.69, 9.17) is 5.84 Å². The Kier molecular flexibility index (Phi) is 3.94. The number of benzene rings is 2. The van der Waals surface area contributed by atoms with Crippen LogP contribution in [-0.2, 0) is 0 Å². The second-order valence-electron chi connectivity index (χ2n) is 3.81. The van der Waals surface area contributed by atoms with E-state index >= 15 is 0 Å². The normalized spacial score (nSPS) is 11.1. The van der Waals surface area contributed by atoms with Crippen LogP contribution in [0.3, 0.4) is 0 Å². The Labute approximate surface area is 107 Å². The second kappa shape index (κ2) is 5.84. The number of hydrogen-bond acceptors (Lipinski definition) is 2. The van der Waals surface area contributed by atoms with Crippen molar-refractivity contribution in [2.45, 2.75) is 0 Å². The first-order valence-electron chi connectivity index (χ1n) is 5.70. The van der Waals surface area contributed by atoms with Crippen molar-refractivity contribution in [2.75, 3.05) is 11.9 Å². The SMILES string of the molecule is CN(C(=Nc1ccccc1)NN)c1ccccc1. The lowest BCUT2D eigenvalue weighted by Gasteiger charge is -2.20. The molecule has 18 heavy (non-hydrogen) atoms. The fourth-order valence-electron chi connectivity index (χ4n) is 1.60. The molecule has 0 radical (unpaired) electrons. The summed E-state index contributed by atoms with van der Waals surface area (Å²) in [6, 6.07) is 19.6. The lowest BCUT2D eigenvalue weighted by Crippen LogP contribution is -2.42. The van der Waals surface area contributed by atoms with Crippen LogP contribution in [0.1, 0.15) is 0 Å². The first-order chi connectivity index (χ1) is 8.81. The van der Waals surface area contributed by atoms with Gasteiger partial charge in [0.05, 0.1) is 5.69 Å². The number of para-hydroxylation sites is 2. The molecule has 4 nitrogen and oxygen atoms in total. The summed E-state index contributed by atoms with van der Waals surface area (Å²) < 4.78 is 0. The molecule has 0 spiro atoms. The average molecular weight is 240 g/mol. The number of nitrogens with one attached hydrogen (secondary N) is 1. The molecule has 0 aromatic heterocycles. The molecule has 3 N–H and O–H groups in total. The molecule has 0 heterocycles. The van der Waals surface area contributed by atoms with Crippen LogP contribution in [0.25, 0.3) is 0 Å². The molecule has 0 saturated heterocycles. The first-order valence-corrected chi connectivity index (χ1v) is 5.70. The summed E-state index contributed by atoms with van der Waals surface area (Å²) in [5.74, 6) is 6.13. The Morgan fingerprint density at radius 3 is 2.11 bits per heavy atom. The third-order valence-electron chi connectivity index (χ3n) is 2.58. The predicted molar refractivity (Wildman–Crippen MR) is 75.7 cm³/mol. The van der Waals surface area contributed by atoms with Crippen LogP contribution < -0.4 is 16.2 Å². The largest absolute Gasteiger partial charge is 0.314 e. The molecular formula is C14H16N4. The van der Waals surface area contributed by atoms with E-state index < -0.39 is 0 Å². The fraction of sp³-hybridized carbons (Fsp3) is 0.0714. The van der Waals surface area contributed by atoms with E-state index in [2.05, 4.69) is 10.4 Å². The molecule has 0 amide bonds. The Morgan fingerprint density at radius 1 is 1.00 bits per heavy atom. The van der Waals surface area contributed by atoms with Gasteiger partial charge in [0.2, 0.25) is 5.96 Å². The minimum absolute atomic E-state index is 0.590. The number of aliphatic imine (C=N–C) groups is 1. The van der Waals surface area contributed by atoms with E-state index in [-0.39, 0.29) is 0 Å². The van der Waals surface area contributed by atoms with Crippen LogP contribution in [0.15, 0.2) is 65.7 Å². The van der Waals surface area contributed by atoms with E-state index in [0.717, 1.165) is 11.4 Å². The summed E-state index contributed by atoms with van der Waals surface area (Å²) in [5, 5.41) is 0. The number of hydrazine groups is 1. The number of nitrogens with zero attached hydrogens (tertiary/aromatic N) is 2. The molecule has 0 unspecified atom stereocenters. The Bertz CT molecular complexity index is 508. The summed E-state index contributed by atoms with van der Waals surface area (Å²) in [5.41, 5.74) is 4.50. The molecule has 92 valence electrons. The van der Waals surface area contributed by atoms with Crippen molar-refractivity contribution < 1.29 is 0 Å². The highest BCUT2D eigenvalue weighted by atomic mass is 15.4. The van der Waals surface area contributed by atoms with Gasteiger partial charge in [0.15, 0.2) is 0 Å². The van der Waals surface area contributed by atoms with Gasteiger partial charge in [-0.2, -0.15) is 0 Å². The van der Waals surface area contributed by atoms with Crippen LogP contribution in [0.4, 0.5) is 11.4 Å². The molecule has 2 aromatic rings. The van der Waals surface area contributed by atoms with Crippen LogP contribution in [-0.4, -0.2) is 13.0 Å². The molecule has 0 aliphatic rings. The van der Waals surface area contributed by atoms with E-state index in [0.29, 0.717) is 5.96 Å². The van der Waals surface area contributed by atoms with Gasteiger partial charge in [-0.1, -0.05) is 36.4 Å². The summed E-state index contributed by atoms with van der Waals surface area (Å²) in [7, 11) is 1.91. The molecule has 2 rings (SSSR count). The molecule has 0 aliphatic heterocycles. The van der Waals surface area contributed by atoms with Crippen molar-refractivity contribution in [3.63, 3.8) is 0 Å². The summed E-state index contributed by atoms with van der Waals surface area (Å²) in [6.45, 7) is 0. The van der Waals surface area contributed by atoms with E-state index in [1.54, 1.807) is 0 Å². The lowest BCUT2D eigenvalue weighted by atomic mass is 10.3. The number of hydrogen-bond donors (Lipinski definition) is 2. The highest BCUT2D eigenvalue weighted by Crippen LogP contribution is 2.14. The molecule has 4 heteroatoms. The van der Waals surface area contributed by atoms with Crippen molar-refractivity contribution in [1.82, 2.24) is 5.43 Å². The molecular weight excluding hydrogens is 224 g/mol. The highest BCUT2D eigenvalue weighted by Gasteiger charge is 2.06. The second-order valence-corrected chi connectivity index (χ2v) is 3.81. The zero-order chi connectivity index (χ0) is 12.8. The van der Waals surface area contributed by atoms with Crippen LogP contribution in [0.2, 0.25) is 0 Å². The van der Waals surface area contributed by atoms with E-state index in [9.17, 15) is 0 Å². The van der Waals surface area contributed by atoms with E-state index in [1.807, 2.05) is 72.6 Å². The number of rotatable bonds is 2. The quantitative estimate of drug-likeness (QED) is 0.366. The van der Waals surface area contributed by atoms with Crippen LogP contribution in [0.5, 0.6) is 0 Å². The summed E-state index contributed by atoms with van der Waals surface area (Å²) in [4.78, 5) is 6.36. The Hall–Kier alpha value is -2.33. The standard InChI is InChI=1S/C14H16N4/c1-18(13-10-6-3-7-11-13)14(17-15)16-12-8-4-2-5-9-12/h2-11H,15H2,1H3,(H,16,17). The van der Waals surface area contributed by atoms with Gasteiger partial charge in [0.25, 0.3) is 0 Å². The van der Waals surface area contributed by atoms with Gasteiger partial charge in [-0.05, 0) is 24.3 Å². The maximum atomic E-state index is 5.54. The Balaban J connectivity index is 2.27. The maximum absolute atomic E-state index is 5.54.